The molecule has 1 rings (SSSR count). The van der Waals surface area contributed by atoms with Crippen molar-refractivity contribution >= 4 is 24.7 Å². The Hall–Kier alpha value is -0.181. The van der Waals surface area contributed by atoms with Gasteiger partial charge in [0, 0.05) is 0 Å². The first-order valence-electron chi connectivity index (χ1n) is 9.12. The molecule has 124 valence electrons. The van der Waals surface area contributed by atoms with Crippen LogP contribution >= 0.6 is 0 Å². The Morgan fingerprint density at radius 2 is 1.45 bits per heavy atom. The molecule has 0 aliphatic heterocycles. The second-order valence-corrected chi connectivity index (χ2v) is 11.8. The SMILES string of the molecule is CCCC[C](CCCC)(CCCC)[Sn][c]1cccc(OC)c1. The Bertz CT molecular complexity index is 381. The summed E-state index contributed by atoms with van der Waals surface area (Å²) in [4.78, 5) is 0. The number of hydrogen-bond donors (Lipinski definition) is 0. The van der Waals surface area contributed by atoms with Crippen molar-refractivity contribution in [2.45, 2.75) is 82.0 Å². The van der Waals surface area contributed by atoms with Crippen LogP contribution in [0, 0.1) is 0 Å². The summed E-state index contributed by atoms with van der Waals surface area (Å²) in [5.41, 5.74) is 0. The van der Waals surface area contributed by atoms with Gasteiger partial charge in [0.15, 0.2) is 0 Å². The van der Waals surface area contributed by atoms with E-state index in [0.717, 1.165) is 5.75 Å². The first-order chi connectivity index (χ1) is 10.7. The fourth-order valence-corrected chi connectivity index (χ4v) is 8.57. The van der Waals surface area contributed by atoms with Gasteiger partial charge in [0.05, 0.1) is 0 Å². The van der Waals surface area contributed by atoms with Crippen molar-refractivity contribution < 1.29 is 4.74 Å². The number of hydrogen-bond acceptors (Lipinski definition) is 1. The van der Waals surface area contributed by atoms with Crippen molar-refractivity contribution in [2.75, 3.05) is 7.11 Å². The molecular weight excluding hydrogens is 375 g/mol. The molecule has 0 saturated heterocycles. The maximum atomic E-state index is 5.44. The molecule has 1 aromatic rings. The van der Waals surface area contributed by atoms with Gasteiger partial charge >= 0.3 is 149 Å². The van der Waals surface area contributed by atoms with Crippen LogP contribution in [0.15, 0.2) is 24.3 Å². The first kappa shape index (κ1) is 19.9. The standard InChI is InChI=1S/C13H27.C7H7O.Sn/c1-4-7-10-13(11-8-5-2)12-9-6-3;1-8-7-5-3-2-4-6-7;/h4-12H2,1-3H3;2-3,5-6H,1H3;. The Morgan fingerprint density at radius 3 is 1.91 bits per heavy atom. The van der Waals surface area contributed by atoms with Gasteiger partial charge in [-0.05, 0) is 0 Å². The maximum absolute atomic E-state index is 5.44. The molecule has 0 bridgehead atoms. The van der Waals surface area contributed by atoms with Crippen LogP contribution in [0.5, 0.6) is 5.75 Å². The summed E-state index contributed by atoms with van der Waals surface area (Å²) in [5, 5.41) is 0. The molecule has 0 heterocycles. The first-order valence-corrected chi connectivity index (χ1v) is 12.0. The van der Waals surface area contributed by atoms with Gasteiger partial charge in [-0.2, -0.15) is 0 Å². The minimum absolute atomic E-state index is 0.609. The fourth-order valence-electron chi connectivity index (χ4n) is 3.12. The van der Waals surface area contributed by atoms with Gasteiger partial charge in [0.2, 0.25) is 0 Å². The third-order valence-corrected chi connectivity index (χ3v) is 9.87. The van der Waals surface area contributed by atoms with E-state index in [1.54, 1.807) is 10.7 Å². The van der Waals surface area contributed by atoms with Crippen molar-refractivity contribution in [1.29, 1.82) is 0 Å². The topological polar surface area (TPSA) is 9.23 Å². The van der Waals surface area contributed by atoms with Crippen LogP contribution in [0.1, 0.15) is 78.6 Å². The Kier molecular flexibility index (Phi) is 10.3. The molecule has 0 saturated carbocycles. The fraction of sp³-hybridized carbons (Fsp3) is 0.700. The van der Waals surface area contributed by atoms with E-state index >= 15 is 0 Å². The second kappa shape index (κ2) is 11.4. The van der Waals surface area contributed by atoms with Crippen molar-refractivity contribution in [3.05, 3.63) is 24.3 Å². The third kappa shape index (κ3) is 6.93. The summed E-state index contributed by atoms with van der Waals surface area (Å²) in [6, 6.07) is 8.92. The molecule has 0 N–H and O–H groups in total. The van der Waals surface area contributed by atoms with Crippen molar-refractivity contribution in [3.63, 3.8) is 0 Å². The average Bonchev–Trinajstić information content (AvgIpc) is 2.56. The van der Waals surface area contributed by atoms with E-state index in [1.807, 2.05) is 0 Å². The molecule has 0 amide bonds. The molecule has 0 spiro atoms. The van der Waals surface area contributed by atoms with E-state index in [2.05, 4.69) is 45.0 Å². The van der Waals surface area contributed by atoms with Crippen molar-refractivity contribution in [2.24, 2.45) is 0 Å². The van der Waals surface area contributed by atoms with Crippen LogP contribution < -0.4 is 8.32 Å². The van der Waals surface area contributed by atoms with Gasteiger partial charge in [-0.25, -0.2) is 0 Å². The summed E-state index contributed by atoms with van der Waals surface area (Å²) >= 11 is -0.609. The summed E-state index contributed by atoms with van der Waals surface area (Å²) in [7, 11) is 1.78. The molecule has 1 aromatic carbocycles. The van der Waals surface area contributed by atoms with Gasteiger partial charge in [-0.1, -0.05) is 0 Å². The van der Waals surface area contributed by atoms with Crippen LogP contribution in [0.4, 0.5) is 0 Å². The molecule has 0 fully saturated rings. The number of benzene rings is 1. The zero-order valence-electron chi connectivity index (χ0n) is 15.1. The molecule has 0 unspecified atom stereocenters. The zero-order chi connectivity index (χ0) is 16.3. The van der Waals surface area contributed by atoms with E-state index in [0.29, 0.717) is 3.43 Å². The number of ether oxygens (including phenoxy) is 1. The van der Waals surface area contributed by atoms with E-state index < -0.39 is 21.1 Å². The average molecular weight is 409 g/mol. The zero-order valence-corrected chi connectivity index (χ0v) is 17.9. The molecule has 22 heavy (non-hydrogen) atoms. The number of methoxy groups -OCH3 is 1. The molecule has 1 nitrogen and oxygen atoms in total. The van der Waals surface area contributed by atoms with E-state index in [4.69, 9.17) is 4.74 Å². The number of rotatable bonds is 12. The predicted octanol–water partition coefficient (Wildman–Crippen LogP) is 5.75. The normalized spacial score (nSPS) is 11.6. The quantitative estimate of drug-likeness (QED) is 0.400. The Morgan fingerprint density at radius 1 is 0.909 bits per heavy atom. The Labute approximate surface area is 148 Å². The van der Waals surface area contributed by atoms with Gasteiger partial charge in [0.25, 0.3) is 0 Å². The summed E-state index contributed by atoms with van der Waals surface area (Å²) in [6.45, 7) is 7.00. The summed E-state index contributed by atoms with van der Waals surface area (Å²) in [6.07, 6.45) is 12.5. The molecular formula is C20H34OSn. The summed E-state index contributed by atoms with van der Waals surface area (Å²) in [5.74, 6) is 1.04. The van der Waals surface area contributed by atoms with Crippen LogP contribution in [0.25, 0.3) is 0 Å². The Balaban J connectivity index is 2.92. The molecule has 2 heteroatoms. The van der Waals surface area contributed by atoms with Crippen molar-refractivity contribution in [3.8, 4) is 5.75 Å². The van der Waals surface area contributed by atoms with E-state index in [9.17, 15) is 0 Å². The molecule has 0 aliphatic carbocycles. The predicted molar refractivity (Wildman–Crippen MR) is 99.7 cm³/mol. The van der Waals surface area contributed by atoms with Gasteiger partial charge in [-0.3, -0.25) is 0 Å². The van der Waals surface area contributed by atoms with Crippen LogP contribution in [-0.4, -0.2) is 28.3 Å². The summed E-state index contributed by atoms with van der Waals surface area (Å²) < 4.78 is 7.72. The minimum atomic E-state index is -0.609. The number of unbranched alkanes of at least 4 members (excludes halogenated alkanes) is 3. The van der Waals surface area contributed by atoms with E-state index in [1.165, 1.54) is 57.8 Å². The van der Waals surface area contributed by atoms with Gasteiger partial charge < -0.3 is 0 Å². The van der Waals surface area contributed by atoms with E-state index in [-0.39, 0.29) is 0 Å². The van der Waals surface area contributed by atoms with Gasteiger partial charge in [0.1, 0.15) is 0 Å². The van der Waals surface area contributed by atoms with Crippen LogP contribution in [0.2, 0.25) is 3.43 Å². The molecule has 0 aromatic heterocycles. The monoisotopic (exact) mass is 410 g/mol. The third-order valence-electron chi connectivity index (χ3n) is 4.51. The molecule has 0 aliphatic rings. The van der Waals surface area contributed by atoms with Gasteiger partial charge in [-0.15, -0.1) is 0 Å². The second-order valence-electron chi connectivity index (χ2n) is 6.45. The molecule has 2 radical (unpaired) electrons. The van der Waals surface area contributed by atoms with Crippen LogP contribution in [0.3, 0.4) is 0 Å². The van der Waals surface area contributed by atoms with Crippen LogP contribution in [-0.2, 0) is 0 Å². The molecule has 0 atom stereocenters. The van der Waals surface area contributed by atoms with Crippen molar-refractivity contribution in [1.82, 2.24) is 0 Å².